The van der Waals surface area contributed by atoms with E-state index in [2.05, 4.69) is 6.58 Å². The highest BCUT2D eigenvalue weighted by molar-refractivity contribution is 6.53. The average Bonchev–Trinajstić information content (AvgIpc) is 3.46. The number of carbonyl (C=O) groups is 4. The first-order chi connectivity index (χ1) is 24.4. The van der Waals surface area contributed by atoms with Crippen molar-refractivity contribution in [1.82, 2.24) is 4.90 Å². The lowest BCUT2D eigenvalue weighted by Gasteiger charge is -2.50. The molecule has 7 rings (SSSR count). The Morgan fingerprint density at radius 1 is 0.941 bits per heavy atom. The number of benzene rings is 3. The Kier molecular flexibility index (Phi) is 8.63. The number of phenols is 1. The summed E-state index contributed by atoms with van der Waals surface area (Å²) in [5.74, 6) is -4.17. The van der Waals surface area contributed by atoms with Gasteiger partial charge in [0.15, 0.2) is 9.75 Å². The van der Waals surface area contributed by atoms with Crippen molar-refractivity contribution < 1.29 is 33.8 Å². The van der Waals surface area contributed by atoms with Gasteiger partial charge >= 0.3 is 0 Å². The Hall–Kier alpha value is -4.86. The number of likely N-dealkylation sites (tertiary alicyclic amines) is 1. The van der Waals surface area contributed by atoms with Gasteiger partial charge in [0.1, 0.15) is 17.2 Å². The Balaban J connectivity index is 1.24. The van der Waals surface area contributed by atoms with Crippen LogP contribution in [0.25, 0.3) is 12.2 Å². The fourth-order valence-corrected chi connectivity index (χ4v) is 9.41. The zero-order valence-electron chi connectivity index (χ0n) is 28.3. The molecule has 0 spiro atoms. The van der Waals surface area contributed by atoms with Crippen molar-refractivity contribution in [2.45, 2.75) is 34.9 Å². The van der Waals surface area contributed by atoms with E-state index in [-0.39, 0.29) is 24.5 Å². The minimum Gasteiger partial charge on any atom is -0.507 e. The first-order valence-electron chi connectivity index (χ1n) is 16.6. The summed E-state index contributed by atoms with van der Waals surface area (Å²) in [6, 6.07) is 17.7. The maximum absolute atomic E-state index is 14.4. The highest BCUT2D eigenvalue weighted by atomic mass is 35.5. The van der Waals surface area contributed by atoms with Crippen molar-refractivity contribution in [1.29, 1.82) is 0 Å². The normalized spacial score (nSPS) is 28.5. The summed E-state index contributed by atoms with van der Waals surface area (Å²) in [7, 11) is 4.52. The van der Waals surface area contributed by atoms with Crippen molar-refractivity contribution in [3.63, 3.8) is 0 Å². The zero-order chi connectivity index (χ0) is 36.4. The van der Waals surface area contributed by atoms with E-state index in [1.165, 1.54) is 11.9 Å². The van der Waals surface area contributed by atoms with Gasteiger partial charge in [-0.1, -0.05) is 60.2 Å². The van der Waals surface area contributed by atoms with Crippen molar-refractivity contribution in [2.75, 3.05) is 26.2 Å². The number of hydrogen-bond donors (Lipinski definition) is 1. The number of aromatic hydroxyl groups is 1. The summed E-state index contributed by atoms with van der Waals surface area (Å²) in [6.07, 6.45) is 7.70. The molecule has 4 aliphatic rings. The van der Waals surface area contributed by atoms with E-state index in [0.717, 1.165) is 16.0 Å². The number of para-hydroxylation sites is 1. The first kappa shape index (κ1) is 34.6. The van der Waals surface area contributed by atoms with Crippen LogP contribution in [0.4, 0.5) is 5.69 Å². The molecule has 3 aromatic carbocycles. The van der Waals surface area contributed by atoms with E-state index in [0.29, 0.717) is 40.3 Å². The van der Waals surface area contributed by atoms with Crippen LogP contribution < -0.4 is 14.4 Å². The molecule has 0 aromatic heterocycles. The second kappa shape index (κ2) is 12.7. The number of halogens is 2. The zero-order valence-corrected chi connectivity index (χ0v) is 29.8. The quantitative estimate of drug-likeness (QED) is 0.122. The molecular weight excluding hydrogens is 691 g/mol. The molecule has 2 aliphatic heterocycles. The van der Waals surface area contributed by atoms with Gasteiger partial charge in [-0.2, -0.15) is 0 Å². The van der Waals surface area contributed by atoms with Gasteiger partial charge in [-0.3, -0.25) is 29.0 Å². The third-order valence-corrected chi connectivity index (χ3v) is 12.3. The van der Waals surface area contributed by atoms with Crippen LogP contribution in [0.3, 0.4) is 0 Å². The maximum Gasteiger partial charge on any atom is 0.253 e. The summed E-state index contributed by atoms with van der Waals surface area (Å²) in [5.41, 5.74) is 3.55. The van der Waals surface area contributed by atoms with Gasteiger partial charge in [0.2, 0.25) is 11.8 Å². The van der Waals surface area contributed by atoms with Gasteiger partial charge in [0.25, 0.3) is 11.8 Å². The third-order valence-electron chi connectivity index (χ3n) is 10.9. The number of anilines is 1. The minimum absolute atomic E-state index is 0.0886. The molecule has 11 heteroatoms. The van der Waals surface area contributed by atoms with Crippen LogP contribution in [0.15, 0.2) is 85.0 Å². The molecule has 51 heavy (non-hydrogen) atoms. The number of phenolic OH excluding ortho intramolecular Hbond substituents is 1. The number of carbonyl (C=O) groups excluding carboxylic acids is 4. The Labute approximate surface area is 305 Å². The summed E-state index contributed by atoms with van der Waals surface area (Å²) in [6.45, 7) is 3.78. The number of rotatable bonds is 8. The molecule has 262 valence electrons. The summed E-state index contributed by atoms with van der Waals surface area (Å²) < 4.78 is 10.8. The van der Waals surface area contributed by atoms with Gasteiger partial charge in [0, 0.05) is 24.1 Å². The van der Waals surface area contributed by atoms with E-state index < -0.39 is 51.1 Å². The fourth-order valence-electron chi connectivity index (χ4n) is 8.40. The largest absolute Gasteiger partial charge is 0.507 e. The van der Waals surface area contributed by atoms with Gasteiger partial charge in [-0.25, -0.2) is 0 Å². The SMILES string of the molecule is C=CCc1cccc(C2C3=CCC4C(=O)N(c5ccc(C=Cc6cc(OC)ccc6OC)cc5)C(=O)C4C3CC3(Cl)C(=O)N(C)C(=O)C23Cl)c1O. The molecule has 4 amide bonds. The van der Waals surface area contributed by atoms with Crippen LogP contribution in [0, 0.1) is 17.8 Å². The molecule has 3 fully saturated rings. The summed E-state index contributed by atoms with van der Waals surface area (Å²) >= 11 is 14.5. The molecule has 2 heterocycles. The number of alkyl halides is 2. The topological polar surface area (TPSA) is 113 Å². The monoisotopic (exact) mass is 726 g/mol. The average molecular weight is 728 g/mol. The number of amides is 4. The second-order valence-corrected chi connectivity index (χ2v) is 14.6. The summed E-state index contributed by atoms with van der Waals surface area (Å²) in [5, 5.41) is 11.5. The number of imide groups is 2. The van der Waals surface area contributed by atoms with Crippen molar-refractivity contribution in [2.24, 2.45) is 17.8 Å². The number of methoxy groups -OCH3 is 2. The van der Waals surface area contributed by atoms with Crippen LogP contribution in [-0.2, 0) is 25.6 Å². The minimum atomic E-state index is -1.98. The molecular formula is C40H36Cl2N2O7. The van der Waals surface area contributed by atoms with Gasteiger partial charge in [-0.05, 0) is 66.6 Å². The highest BCUT2D eigenvalue weighted by Gasteiger charge is 2.76. The van der Waals surface area contributed by atoms with Gasteiger partial charge in [-0.15, -0.1) is 29.8 Å². The Morgan fingerprint density at radius 2 is 1.69 bits per heavy atom. The smallest absolute Gasteiger partial charge is 0.253 e. The number of ether oxygens (including phenoxy) is 2. The molecule has 9 nitrogen and oxygen atoms in total. The number of fused-ring (bicyclic) bond motifs is 4. The molecule has 2 saturated heterocycles. The van der Waals surface area contributed by atoms with E-state index in [1.807, 2.05) is 48.6 Å². The Morgan fingerprint density at radius 3 is 2.37 bits per heavy atom. The van der Waals surface area contributed by atoms with E-state index in [9.17, 15) is 24.3 Å². The number of allylic oxidation sites excluding steroid dienone is 3. The highest BCUT2D eigenvalue weighted by Crippen LogP contribution is 2.66. The molecule has 3 aromatic rings. The number of nitrogens with zero attached hydrogens (tertiary/aromatic N) is 2. The first-order valence-corrected chi connectivity index (χ1v) is 17.4. The van der Waals surface area contributed by atoms with Gasteiger partial charge in [0.05, 0.1) is 31.7 Å². The summed E-state index contributed by atoms with van der Waals surface area (Å²) in [4.78, 5) is 54.3. The van der Waals surface area contributed by atoms with Crippen LogP contribution in [0.2, 0.25) is 0 Å². The molecule has 1 saturated carbocycles. The molecule has 1 N–H and O–H groups in total. The molecule has 0 radical (unpaired) electrons. The van der Waals surface area contributed by atoms with Crippen molar-refractivity contribution in [3.8, 4) is 17.2 Å². The lowest BCUT2D eigenvalue weighted by atomic mass is 9.56. The van der Waals surface area contributed by atoms with E-state index in [1.54, 1.807) is 50.6 Å². The third kappa shape index (κ3) is 5.04. The molecule has 2 aliphatic carbocycles. The Bertz CT molecular complexity index is 2060. The van der Waals surface area contributed by atoms with Crippen molar-refractivity contribution in [3.05, 3.63) is 107 Å². The predicted octanol–water partition coefficient (Wildman–Crippen LogP) is 6.50. The maximum atomic E-state index is 14.4. The van der Waals surface area contributed by atoms with Gasteiger partial charge < -0.3 is 14.6 Å². The van der Waals surface area contributed by atoms with Crippen LogP contribution >= 0.6 is 23.2 Å². The van der Waals surface area contributed by atoms with Crippen LogP contribution in [-0.4, -0.2) is 64.7 Å². The van der Waals surface area contributed by atoms with E-state index >= 15 is 0 Å². The van der Waals surface area contributed by atoms with E-state index in [4.69, 9.17) is 32.7 Å². The van der Waals surface area contributed by atoms with Crippen molar-refractivity contribution >= 4 is 64.7 Å². The second-order valence-electron chi connectivity index (χ2n) is 13.4. The standard InChI is InChI=1S/C40H36Cl2N2O7/c1-5-7-23-8-6-9-29(34(23)45)33-27-17-18-28-32(30(27)21-39(41)37(48)43(2)38(49)40(33,39)42)36(47)44(35(28)46)25-14-11-22(12-15-25)10-13-24-20-26(50-3)16-19-31(24)51-4/h5-6,8-17,19-20,28,30,32-33,45H,1,7,18,21H2,2-4H3. The molecule has 6 unspecified atom stereocenters. The van der Waals surface area contributed by atoms with Crippen LogP contribution in [0.5, 0.6) is 17.2 Å². The molecule has 0 bridgehead atoms. The van der Waals surface area contributed by atoms with Crippen LogP contribution in [0.1, 0.15) is 41.0 Å². The fraction of sp³-hybridized carbons (Fsp3) is 0.300. The lowest BCUT2D eigenvalue weighted by molar-refractivity contribution is -0.138. The number of hydrogen-bond acceptors (Lipinski definition) is 7. The molecule has 6 atom stereocenters. The predicted molar refractivity (Wildman–Crippen MR) is 195 cm³/mol. The lowest BCUT2D eigenvalue weighted by Crippen LogP contribution is -2.60.